The minimum atomic E-state index is -0.0655. The van der Waals surface area contributed by atoms with Crippen molar-refractivity contribution in [3.8, 4) is 11.5 Å². The van der Waals surface area contributed by atoms with E-state index >= 15 is 0 Å². The number of aromatic nitrogens is 3. The van der Waals surface area contributed by atoms with E-state index in [-0.39, 0.29) is 17.4 Å². The Bertz CT molecular complexity index is 1190. The molecule has 31 heavy (non-hydrogen) atoms. The van der Waals surface area contributed by atoms with Gasteiger partial charge in [0.15, 0.2) is 17.1 Å². The van der Waals surface area contributed by atoms with Crippen molar-refractivity contribution in [3.63, 3.8) is 0 Å². The van der Waals surface area contributed by atoms with E-state index < -0.39 is 0 Å². The van der Waals surface area contributed by atoms with Gasteiger partial charge in [0.25, 0.3) is 5.91 Å². The van der Waals surface area contributed by atoms with E-state index in [9.17, 15) is 4.79 Å². The van der Waals surface area contributed by atoms with Crippen LogP contribution in [0.2, 0.25) is 0 Å². The van der Waals surface area contributed by atoms with Crippen LogP contribution < -0.4 is 9.47 Å². The lowest BCUT2D eigenvalue weighted by molar-refractivity contribution is 0.0595. The van der Waals surface area contributed by atoms with E-state index in [0.29, 0.717) is 31.0 Å². The van der Waals surface area contributed by atoms with Crippen molar-refractivity contribution >= 4 is 11.6 Å². The van der Waals surface area contributed by atoms with Gasteiger partial charge in [0.1, 0.15) is 18.8 Å². The summed E-state index contributed by atoms with van der Waals surface area (Å²) in [5.74, 6) is 1.62. The molecule has 1 amide bonds. The third-order valence-corrected chi connectivity index (χ3v) is 7.24. The third-order valence-electron chi connectivity index (χ3n) is 7.24. The first kappa shape index (κ1) is 18.7. The van der Waals surface area contributed by atoms with Gasteiger partial charge in [0, 0.05) is 23.9 Å². The normalized spacial score (nSPS) is 21.5. The predicted octanol–water partition coefficient (Wildman–Crippen LogP) is 3.84. The lowest BCUT2D eigenvalue weighted by Gasteiger charge is -2.46. The van der Waals surface area contributed by atoms with E-state index in [0.717, 1.165) is 30.0 Å². The molecule has 160 valence electrons. The fourth-order valence-corrected chi connectivity index (χ4v) is 5.62. The average Bonchev–Trinajstić information content (AvgIpc) is 3.42. The van der Waals surface area contributed by atoms with Gasteiger partial charge in [-0.2, -0.15) is 5.10 Å². The molecule has 1 atom stereocenters. The van der Waals surface area contributed by atoms with Crippen LogP contribution in [0, 0.1) is 6.92 Å². The Morgan fingerprint density at radius 1 is 1.16 bits per heavy atom. The van der Waals surface area contributed by atoms with E-state index in [1.54, 1.807) is 10.7 Å². The molecule has 3 aliphatic rings. The van der Waals surface area contributed by atoms with Gasteiger partial charge in [-0.05, 0) is 56.0 Å². The van der Waals surface area contributed by atoms with Gasteiger partial charge in [-0.25, -0.2) is 9.50 Å². The number of benzene rings is 1. The second kappa shape index (κ2) is 6.70. The zero-order chi connectivity index (χ0) is 21.2. The number of carbonyl (C=O) groups excluding carboxylic acids is 1. The van der Waals surface area contributed by atoms with Crippen molar-refractivity contribution in [2.75, 3.05) is 19.8 Å². The summed E-state index contributed by atoms with van der Waals surface area (Å²) in [5.41, 5.74) is 4.52. The summed E-state index contributed by atoms with van der Waals surface area (Å²) in [6, 6.07) is 6.12. The summed E-state index contributed by atoms with van der Waals surface area (Å²) in [4.78, 5) is 20.4. The number of amides is 1. The average molecular weight is 418 g/mol. The molecule has 1 aromatic carbocycles. The third kappa shape index (κ3) is 2.75. The minimum absolute atomic E-state index is 0.00702. The maximum atomic E-state index is 13.8. The Hall–Kier alpha value is -3.09. The summed E-state index contributed by atoms with van der Waals surface area (Å²) in [5, 5.41) is 4.36. The number of carbonyl (C=O) groups is 1. The molecule has 0 saturated heterocycles. The number of rotatable bonds is 1. The summed E-state index contributed by atoms with van der Waals surface area (Å²) in [6.07, 6.45) is 8.04. The van der Waals surface area contributed by atoms with Gasteiger partial charge < -0.3 is 14.4 Å². The molecule has 3 aromatic rings. The first-order valence-electron chi connectivity index (χ1n) is 11.1. The molecule has 6 rings (SSSR count). The molecule has 1 unspecified atom stereocenters. The highest BCUT2D eigenvalue weighted by Crippen LogP contribution is 2.52. The van der Waals surface area contributed by atoms with E-state index in [1.807, 2.05) is 24.1 Å². The fourth-order valence-electron chi connectivity index (χ4n) is 5.62. The Labute approximate surface area is 181 Å². The first-order chi connectivity index (χ1) is 15.1. The lowest BCUT2D eigenvalue weighted by atomic mass is 9.71. The second-order valence-corrected chi connectivity index (χ2v) is 9.07. The number of ether oxygens (including phenoxy) is 2. The maximum absolute atomic E-state index is 13.8. The fraction of sp³-hybridized carbons (Fsp3) is 0.458. The maximum Gasteiger partial charge on any atom is 0.259 e. The predicted molar refractivity (Wildman–Crippen MR) is 115 cm³/mol. The summed E-state index contributed by atoms with van der Waals surface area (Å²) < 4.78 is 13.4. The molecule has 0 N–H and O–H groups in total. The van der Waals surface area contributed by atoms with Gasteiger partial charge in [-0.1, -0.05) is 12.8 Å². The monoisotopic (exact) mass is 418 g/mol. The van der Waals surface area contributed by atoms with Crippen molar-refractivity contribution in [2.24, 2.45) is 0 Å². The zero-order valence-electron chi connectivity index (χ0n) is 17.9. The summed E-state index contributed by atoms with van der Waals surface area (Å²) in [6.45, 7) is 5.89. The molecule has 4 heterocycles. The summed E-state index contributed by atoms with van der Waals surface area (Å²) in [7, 11) is 0. The van der Waals surface area contributed by atoms with Crippen molar-refractivity contribution in [2.45, 2.75) is 51.0 Å². The standard InChI is InChI=1S/C24H26N4O3/c1-15-5-8-28-22(26-15)18(13-25-28)23(29)27-14-24(6-3-4-7-24)19-12-21-20(30-9-10-31-21)11-17(19)16(27)2/h5,8,11-13,16H,3-4,6-7,9-10,14H2,1-2H3. The van der Waals surface area contributed by atoms with Gasteiger partial charge in [-0.3, -0.25) is 4.79 Å². The first-order valence-corrected chi connectivity index (χ1v) is 11.1. The number of fused-ring (bicyclic) bond motifs is 4. The van der Waals surface area contributed by atoms with Gasteiger partial charge in [0.2, 0.25) is 0 Å². The molecule has 7 heteroatoms. The Morgan fingerprint density at radius 3 is 2.68 bits per heavy atom. The molecule has 0 bridgehead atoms. The SMILES string of the molecule is Cc1ccn2ncc(C(=O)N3CC4(CCCC4)c4cc5c(cc4C3C)OCCO5)c2n1. The second-order valence-electron chi connectivity index (χ2n) is 9.07. The van der Waals surface area contributed by atoms with E-state index in [2.05, 4.69) is 29.1 Å². The molecule has 2 aliphatic heterocycles. The quantitative estimate of drug-likeness (QED) is 0.601. The highest BCUT2D eigenvalue weighted by Gasteiger charge is 2.46. The smallest absolute Gasteiger partial charge is 0.259 e. The van der Waals surface area contributed by atoms with Crippen molar-refractivity contribution in [1.82, 2.24) is 19.5 Å². The highest BCUT2D eigenvalue weighted by atomic mass is 16.6. The highest BCUT2D eigenvalue weighted by molar-refractivity contribution is 6.00. The topological polar surface area (TPSA) is 69.0 Å². The Balaban J connectivity index is 1.46. The van der Waals surface area contributed by atoms with Gasteiger partial charge >= 0.3 is 0 Å². The van der Waals surface area contributed by atoms with Crippen LogP contribution in [0.4, 0.5) is 0 Å². The van der Waals surface area contributed by atoms with Crippen molar-refractivity contribution in [3.05, 3.63) is 53.0 Å². The molecular weight excluding hydrogens is 392 g/mol. The Kier molecular flexibility index (Phi) is 4.04. The largest absolute Gasteiger partial charge is 0.486 e. The molecule has 1 saturated carbocycles. The molecule has 1 aliphatic carbocycles. The number of nitrogens with zero attached hydrogens (tertiary/aromatic N) is 4. The molecule has 1 fully saturated rings. The van der Waals surface area contributed by atoms with E-state index in [1.165, 1.54) is 24.0 Å². The van der Waals surface area contributed by atoms with Crippen LogP contribution in [0.1, 0.15) is 65.8 Å². The van der Waals surface area contributed by atoms with Crippen LogP contribution in [-0.2, 0) is 5.41 Å². The van der Waals surface area contributed by atoms with Crippen LogP contribution in [0.15, 0.2) is 30.6 Å². The van der Waals surface area contributed by atoms with Gasteiger partial charge in [0.05, 0.1) is 12.2 Å². The van der Waals surface area contributed by atoms with Crippen molar-refractivity contribution < 1.29 is 14.3 Å². The minimum Gasteiger partial charge on any atom is -0.486 e. The molecular formula is C24H26N4O3. The van der Waals surface area contributed by atoms with Crippen LogP contribution in [0.25, 0.3) is 5.65 Å². The lowest BCUT2D eigenvalue weighted by Crippen LogP contribution is -2.48. The zero-order valence-corrected chi connectivity index (χ0v) is 17.9. The van der Waals surface area contributed by atoms with E-state index in [4.69, 9.17) is 9.47 Å². The number of aryl methyl sites for hydroxylation is 1. The number of hydrogen-bond acceptors (Lipinski definition) is 5. The van der Waals surface area contributed by atoms with Crippen molar-refractivity contribution in [1.29, 1.82) is 0 Å². The molecule has 2 aromatic heterocycles. The molecule has 1 spiro atoms. The van der Waals surface area contributed by atoms with Gasteiger partial charge in [-0.15, -0.1) is 0 Å². The number of hydrogen-bond donors (Lipinski definition) is 0. The molecule has 7 nitrogen and oxygen atoms in total. The van der Waals surface area contributed by atoms with Crippen LogP contribution in [0.3, 0.4) is 0 Å². The van der Waals surface area contributed by atoms with Crippen LogP contribution in [-0.4, -0.2) is 45.2 Å². The van der Waals surface area contributed by atoms with Crippen LogP contribution >= 0.6 is 0 Å². The van der Waals surface area contributed by atoms with Crippen LogP contribution in [0.5, 0.6) is 11.5 Å². The molecule has 0 radical (unpaired) electrons. The Morgan fingerprint density at radius 2 is 1.90 bits per heavy atom. The summed E-state index contributed by atoms with van der Waals surface area (Å²) >= 11 is 0.